The van der Waals surface area contributed by atoms with Crippen molar-refractivity contribution >= 4 is 5.97 Å². The number of fused-ring (bicyclic) bond motifs is 1. The molecule has 1 heterocycles. The molecule has 1 saturated carbocycles. The quantitative estimate of drug-likeness (QED) is 0.510. The van der Waals surface area contributed by atoms with E-state index < -0.39 is 29.8 Å². The van der Waals surface area contributed by atoms with Crippen molar-refractivity contribution in [2.24, 2.45) is 17.8 Å². The zero-order valence-electron chi connectivity index (χ0n) is 17.3. The Morgan fingerprint density at radius 3 is 2.90 bits per heavy atom. The van der Waals surface area contributed by atoms with E-state index in [-0.39, 0.29) is 36.7 Å². The number of aliphatic hydroxyl groups excluding tert-OH is 2. The molecule has 1 saturated heterocycles. The molecule has 6 atom stereocenters. The van der Waals surface area contributed by atoms with Gasteiger partial charge in [0.2, 0.25) is 0 Å². The molecule has 1 aliphatic heterocycles. The summed E-state index contributed by atoms with van der Waals surface area (Å²) in [6.07, 6.45) is 5.47. The van der Waals surface area contributed by atoms with E-state index in [1.54, 1.807) is 6.08 Å². The summed E-state index contributed by atoms with van der Waals surface area (Å²) in [4.78, 5) is 10.7. The second kappa shape index (κ2) is 11.0. The maximum absolute atomic E-state index is 13.6. The van der Waals surface area contributed by atoms with E-state index in [0.717, 1.165) is 37.5 Å². The molecule has 3 rings (SSSR count). The van der Waals surface area contributed by atoms with Crippen molar-refractivity contribution < 1.29 is 38.4 Å². The minimum absolute atomic E-state index is 0.0658. The van der Waals surface area contributed by atoms with Crippen molar-refractivity contribution in [3.63, 3.8) is 0 Å². The molecule has 172 valence electrons. The standard InChI is InChI=1S/C23H30F2O6/c24-15-5-9-19(25)22(10-15)31-13-16(26)6-8-17-18-7-4-14(2-1-3-23(28)29)12-30-21(18)11-20(17)27/h5-6,8-10,14,16-18,20-21,26-27H,1-4,7,11-13H2,(H,28,29)/b8-6+/t14-,16+,17+,18+,20+,21-/m0/s1. The monoisotopic (exact) mass is 440 g/mol. The first kappa shape index (κ1) is 23.6. The van der Waals surface area contributed by atoms with Gasteiger partial charge in [0.1, 0.15) is 18.5 Å². The van der Waals surface area contributed by atoms with Gasteiger partial charge in [0, 0.05) is 31.4 Å². The topological polar surface area (TPSA) is 96.2 Å². The Hall–Kier alpha value is -2.03. The number of aliphatic carboxylic acids is 1. The molecular weight excluding hydrogens is 410 g/mol. The summed E-state index contributed by atoms with van der Waals surface area (Å²) in [5, 5.41) is 29.4. The highest BCUT2D eigenvalue weighted by molar-refractivity contribution is 5.66. The molecule has 1 aliphatic carbocycles. The second-order valence-corrected chi connectivity index (χ2v) is 8.48. The normalized spacial score (nSPS) is 29.5. The average Bonchev–Trinajstić information content (AvgIpc) is 2.88. The summed E-state index contributed by atoms with van der Waals surface area (Å²) < 4.78 is 38.0. The van der Waals surface area contributed by atoms with Crippen LogP contribution in [0.2, 0.25) is 0 Å². The highest BCUT2D eigenvalue weighted by atomic mass is 19.1. The van der Waals surface area contributed by atoms with Crippen LogP contribution in [-0.4, -0.2) is 52.8 Å². The van der Waals surface area contributed by atoms with Crippen molar-refractivity contribution in [1.82, 2.24) is 0 Å². The molecule has 0 aromatic heterocycles. The summed E-state index contributed by atoms with van der Waals surface area (Å²) in [5.41, 5.74) is 0. The van der Waals surface area contributed by atoms with E-state index in [0.29, 0.717) is 25.4 Å². The first-order valence-electron chi connectivity index (χ1n) is 10.8. The number of ether oxygens (including phenoxy) is 2. The number of halogens is 2. The number of hydrogen-bond acceptors (Lipinski definition) is 5. The van der Waals surface area contributed by atoms with Crippen molar-refractivity contribution in [2.75, 3.05) is 13.2 Å². The number of hydrogen-bond donors (Lipinski definition) is 3. The molecule has 0 radical (unpaired) electrons. The molecule has 2 fully saturated rings. The summed E-state index contributed by atoms with van der Waals surface area (Å²) in [5.74, 6) is -2.14. The van der Waals surface area contributed by atoms with Gasteiger partial charge in [-0.25, -0.2) is 8.78 Å². The molecule has 2 aliphatic rings. The van der Waals surface area contributed by atoms with Crippen LogP contribution in [-0.2, 0) is 9.53 Å². The van der Waals surface area contributed by atoms with E-state index >= 15 is 0 Å². The van der Waals surface area contributed by atoms with E-state index in [2.05, 4.69) is 0 Å². The van der Waals surface area contributed by atoms with Crippen LogP contribution in [0.15, 0.2) is 30.4 Å². The fourth-order valence-electron chi connectivity index (χ4n) is 4.56. The molecule has 31 heavy (non-hydrogen) atoms. The van der Waals surface area contributed by atoms with Gasteiger partial charge in [0.05, 0.1) is 12.2 Å². The first-order chi connectivity index (χ1) is 14.8. The predicted molar refractivity (Wildman–Crippen MR) is 109 cm³/mol. The number of aliphatic hydroxyl groups is 2. The number of carboxylic acids is 1. The molecule has 0 bridgehead atoms. The van der Waals surface area contributed by atoms with E-state index in [1.165, 1.54) is 6.08 Å². The van der Waals surface area contributed by atoms with Crippen molar-refractivity contribution in [1.29, 1.82) is 0 Å². The highest BCUT2D eigenvalue weighted by Gasteiger charge is 2.43. The third kappa shape index (κ3) is 6.72. The van der Waals surface area contributed by atoms with E-state index in [1.807, 2.05) is 0 Å². The molecule has 1 aromatic carbocycles. The SMILES string of the molecule is O=C(O)CCC[C@H]1CC[C@@H]2[C@@H](/C=C/[C@@H](O)COc3cc(F)ccc3F)[C@H](O)C[C@@H]2OC1. The molecule has 0 amide bonds. The van der Waals surface area contributed by atoms with Gasteiger partial charge in [-0.3, -0.25) is 4.79 Å². The minimum atomic E-state index is -1.04. The Morgan fingerprint density at radius 2 is 2.13 bits per heavy atom. The number of rotatable bonds is 9. The zero-order valence-corrected chi connectivity index (χ0v) is 17.3. The summed E-state index contributed by atoms with van der Waals surface area (Å²) in [7, 11) is 0. The van der Waals surface area contributed by atoms with Crippen LogP contribution in [0.25, 0.3) is 0 Å². The molecule has 0 spiro atoms. The molecule has 0 unspecified atom stereocenters. The Kier molecular flexibility index (Phi) is 8.40. The van der Waals surface area contributed by atoms with Crippen molar-refractivity contribution in [3.8, 4) is 5.75 Å². The predicted octanol–water partition coefficient (Wildman–Crippen LogP) is 3.31. The van der Waals surface area contributed by atoms with Crippen LogP contribution in [0.4, 0.5) is 8.78 Å². The van der Waals surface area contributed by atoms with Gasteiger partial charge >= 0.3 is 5.97 Å². The second-order valence-electron chi connectivity index (χ2n) is 8.48. The maximum Gasteiger partial charge on any atom is 0.303 e. The molecule has 6 nitrogen and oxygen atoms in total. The lowest BCUT2D eigenvalue weighted by molar-refractivity contribution is -0.137. The van der Waals surface area contributed by atoms with E-state index in [4.69, 9.17) is 14.6 Å². The maximum atomic E-state index is 13.6. The van der Waals surface area contributed by atoms with Crippen LogP contribution in [0.5, 0.6) is 5.75 Å². The average molecular weight is 440 g/mol. The van der Waals surface area contributed by atoms with Gasteiger partial charge in [-0.1, -0.05) is 12.2 Å². The van der Waals surface area contributed by atoms with Crippen molar-refractivity contribution in [3.05, 3.63) is 42.0 Å². The number of carboxylic acid groups (broad SMARTS) is 1. The van der Waals surface area contributed by atoms with Gasteiger partial charge in [0.15, 0.2) is 11.6 Å². The smallest absolute Gasteiger partial charge is 0.303 e. The lowest BCUT2D eigenvalue weighted by Gasteiger charge is -2.21. The number of benzene rings is 1. The minimum Gasteiger partial charge on any atom is -0.487 e. The van der Waals surface area contributed by atoms with Crippen LogP contribution in [0, 0.1) is 29.4 Å². The van der Waals surface area contributed by atoms with Gasteiger partial charge in [0.25, 0.3) is 0 Å². The molecular formula is C23H30F2O6. The van der Waals surface area contributed by atoms with Crippen LogP contribution < -0.4 is 4.74 Å². The highest BCUT2D eigenvalue weighted by Crippen LogP contribution is 2.42. The first-order valence-corrected chi connectivity index (χ1v) is 10.8. The Bertz CT molecular complexity index is 770. The van der Waals surface area contributed by atoms with Crippen LogP contribution in [0.1, 0.15) is 38.5 Å². The zero-order chi connectivity index (χ0) is 22.4. The summed E-state index contributed by atoms with van der Waals surface area (Å²) in [6.45, 7) is 0.329. The Morgan fingerprint density at radius 1 is 1.32 bits per heavy atom. The summed E-state index contributed by atoms with van der Waals surface area (Å²) >= 11 is 0. The molecule has 3 N–H and O–H groups in total. The number of carbonyl (C=O) groups is 1. The lowest BCUT2D eigenvalue weighted by Crippen LogP contribution is -2.22. The van der Waals surface area contributed by atoms with Gasteiger partial charge in [-0.15, -0.1) is 0 Å². The van der Waals surface area contributed by atoms with Gasteiger partial charge < -0.3 is 24.8 Å². The largest absolute Gasteiger partial charge is 0.487 e. The fraction of sp³-hybridized carbons (Fsp3) is 0.609. The van der Waals surface area contributed by atoms with Crippen molar-refractivity contribution in [2.45, 2.75) is 56.8 Å². The van der Waals surface area contributed by atoms with Crippen LogP contribution >= 0.6 is 0 Å². The third-order valence-electron chi connectivity index (χ3n) is 6.21. The fourth-order valence-corrected chi connectivity index (χ4v) is 4.56. The van der Waals surface area contributed by atoms with Crippen LogP contribution in [0.3, 0.4) is 0 Å². The molecule has 1 aromatic rings. The Balaban J connectivity index is 1.51. The third-order valence-corrected chi connectivity index (χ3v) is 6.21. The van der Waals surface area contributed by atoms with E-state index in [9.17, 15) is 23.8 Å². The van der Waals surface area contributed by atoms with Gasteiger partial charge in [-0.2, -0.15) is 0 Å². The Labute approximate surface area is 180 Å². The summed E-state index contributed by atoms with van der Waals surface area (Å²) in [6, 6.07) is 2.87. The molecule has 8 heteroatoms. The lowest BCUT2D eigenvalue weighted by atomic mass is 9.86. The van der Waals surface area contributed by atoms with Gasteiger partial charge in [-0.05, 0) is 49.7 Å².